The van der Waals surface area contributed by atoms with Crippen molar-refractivity contribution in [3.8, 4) is 0 Å². The number of carbonyl (C=O) groups is 1. The summed E-state index contributed by atoms with van der Waals surface area (Å²) in [6, 6.07) is 0.581. The molecule has 0 aromatic heterocycles. The molecule has 110 valence electrons. The van der Waals surface area contributed by atoms with Gasteiger partial charge in [0.15, 0.2) is 0 Å². The number of hydrogen-bond donors (Lipinski definition) is 1. The molecule has 0 radical (unpaired) electrons. The Morgan fingerprint density at radius 2 is 2.05 bits per heavy atom. The summed E-state index contributed by atoms with van der Waals surface area (Å²) in [5, 5.41) is 3.36. The lowest BCUT2D eigenvalue weighted by atomic mass is 9.98. The first-order valence-electron chi connectivity index (χ1n) is 7.39. The Hall–Kier alpha value is -0.650. The SMILES string of the molecule is CCNC1COCC1C(=O)N(C)C1CCN(C)CC1. The van der Waals surface area contributed by atoms with E-state index in [-0.39, 0.29) is 17.9 Å². The highest BCUT2D eigenvalue weighted by atomic mass is 16.5. The Labute approximate surface area is 116 Å². The molecule has 2 aliphatic heterocycles. The zero-order chi connectivity index (χ0) is 13.8. The molecule has 0 spiro atoms. The topological polar surface area (TPSA) is 44.8 Å². The number of amides is 1. The third-order valence-electron chi connectivity index (χ3n) is 4.45. The van der Waals surface area contributed by atoms with Crippen molar-refractivity contribution in [3.63, 3.8) is 0 Å². The summed E-state index contributed by atoms with van der Waals surface area (Å²) in [5.74, 6) is 0.239. The Morgan fingerprint density at radius 1 is 1.37 bits per heavy atom. The minimum absolute atomic E-state index is 0.00962. The van der Waals surface area contributed by atoms with E-state index in [0.29, 0.717) is 19.3 Å². The van der Waals surface area contributed by atoms with Crippen molar-refractivity contribution in [1.29, 1.82) is 0 Å². The van der Waals surface area contributed by atoms with Crippen LogP contribution in [0.3, 0.4) is 0 Å². The van der Waals surface area contributed by atoms with Gasteiger partial charge in [0.2, 0.25) is 5.91 Å². The summed E-state index contributed by atoms with van der Waals surface area (Å²) in [6.45, 7) is 6.34. The molecule has 5 heteroatoms. The first-order valence-corrected chi connectivity index (χ1v) is 7.39. The molecule has 0 aliphatic carbocycles. The van der Waals surface area contributed by atoms with Gasteiger partial charge in [-0.3, -0.25) is 4.79 Å². The standard InChI is InChI=1S/C14H27N3O2/c1-4-15-13-10-19-9-12(13)14(18)17(3)11-5-7-16(2)8-6-11/h11-13,15H,4-10H2,1-3H3. The molecule has 0 bridgehead atoms. The summed E-state index contributed by atoms with van der Waals surface area (Å²) in [7, 11) is 4.10. The van der Waals surface area contributed by atoms with Crippen LogP contribution >= 0.6 is 0 Å². The van der Waals surface area contributed by atoms with Crippen molar-refractivity contribution in [3.05, 3.63) is 0 Å². The van der Waals surface area contributed by atoms with Gasteiger partial charge in [0.25, 0.3) is 0 Å². The molecule has 0 saturated carbocycles. The summed E-state index contributed by atoms with van der Waals surface area (Å²) in [5.41, 5.74) is 0. The lowest BCUT2D eigenvalue weighted by Crippen LogP contribution is -2.50. The van der Waals surface area contributed by atoms with Crippen molar-refractivity contribution in [1.82, 2.24) is 15.1 Å². The second-order valence-corrected chi connectivity index (χ2v) is 5.79. The highest BCUT2D eigenvalue weighted by Crippen LogP contribution is 2.21. The lowest BCUT2D eigenvalue weighted by molar-refractivity contribution is -0.137. The monoisotopic (exact) mass is 269 g/mol. The van der Waals surface area contributed by atoms with Crippen LogP contribution in [0, 0.1) is 5.92 Å². The summed E-state index contributed by atoms with van der Waals surface area (Å²) in [4.78, 5) is 16.9. The van der Waals surface area contributed by atoms with Crippen LogP contribution in [0.4, 0.5) is 0 Å². The average Bonchev–Trinajstić information content (AvgIpc) is 2.87. The average molecular weight is 269 g/mol. The first kappa shape index (κ1) is 14.8. The Kier molecular flexibility index (Phi) is 5.19. The molecule has 2 rings (SSSR count). The number of nitrogens with one attached hydrogen (secondary N) is 1. The van der Waals surface area contributed by atoms with E-state index in [1.807, 2.05) is 11.9 Å². The van der Waals surface area contributed by atoms with Gasteiger partial charge in [-0.05, 0) is 39.5 Å². The zero-order valence-corrected chi connectivity index (χ0v) is 12.4. The second-order valence-electron chi connectivity index (χ2n) is 5.79. The maximum absolute atomic E-state index is 12.6. The second kappa shape index (κ2) is 6.68. The molecule has 2 heterocycles. The number of likely N-dealkylation sites (N-methyl/N-ethyl adjacent to an activating group) is 1. The van der Waals surface area contributed by atoms with Crippen LogP contribution in [0.25, 0.3) is 0 Å². The van der Waals surface area contributed by atoms with Gasteiger partial charge in [-0.25, -0.2) is 0 Å². The Bertz CT molecular complexity index is 303. The van der Waals surface area contributed by atoms with Gasteiger partial charge in [-0.1, -0.05) is 6.92 Å². The van der Waals surface area contributed by atoms with Crippen LogP contribution in [0.1, 0.15) is 19.8 Å². The van der Waals surface area contributed by atoms with E-state index < -0.39 is 0 Å². The largest absolute Gasteiger partial charge is 0.379 e. The molecule has 2 atom stereocenters. The third kappa shape index (κ3) is 3.46. The molecule has 2 unspecified atom stereocenters. The van der Waals surface area contributed by atoms with E-state index in [0.717, 1.165) is 32.5 Å². The number of carbonyl (C=O) groups excluding carboxylic acids is 1. The predicted octanol–water partition coefficient (Wildman–Crippen LogP) is 0.164. The maximum Gasteiger partial charge on any atom is 0.229 e. The van der Waals surface area contributed by atoms with Gasteiger partial charge in [0.1, 0.15) is 0 Å². The van der Waals surface area contributed by atoms with E-state index >= 15 is 0 Å². The van der Waals surface area contributed by atoms with Crippen LogP contribution in [0.5, 0.6) is 0 Å². The van der Waals surface area contributed by atoms with E-state index in [9.17, 15) is 4.79 Å². The Morgan fingerprint density at radius 3 is 2.68 bits per heavy atom. The van der Waals surface area contributed by atoms with Gasteiger partial charge in [0, 0.05) is 19.1 Å². The van der Waals surface area contributed by atoms with Crippen molar-refractivity contribution < 1.29 is 9.53 Å². The van der Waals surface area contributed by atoms with E-state index in [4.69, 9.17) is 4.74 Å². The van der Waals surface area contributed by atoms with Crippen LogP contribution in [0.15, 0.2) is 0 Å². The highest BCUT2D eigenvalue weighted by Gasteiger charge is 2.37. The number of ether oxygens (including phenoxy) is 1. The van der Waals surface area contributed by atoms with Gasteiger partial charge in [-0.15, -0.1) is 0 Å². The van der Waals surface area contributed by atoms with E-state index in [1.54, 1.807) is 0 Å². The fourth-order valence-electron chi connectivity index (χ4n) is 3.08. The molecule has 1 N–H and O–H groups in total. The smallest absolute Gasteiger partial charge is 0.229 e. The summed E-state index contributed by atoms with van der Waals surface area (Å²) >= 11 is 0. The van der Waals surface area contributed by atoms with Crippen LogP contribution in [-0.4, -0.2) is 74.7 Å². The summed E-state index contributed by atoms with van der Waals surface area (Å²) in [6.07, 6.45) is 2.16. The van der Waals surface area contributed by atoms with Crippen LogP contribution in [0.2, 0.25) is 0 Å². The third-order valence-corrected chi connectivity index (χ3v) is 4.45. The lowest BCUT2D eigenvalue weighted by Gasteiger charge is -2.36. The van der Waals surface area contributed by atoms with Gasteiger partial charge >= 0.3 is 0 Å². The summed E-state index contributed by atoms with van der Waals surface area (Å²) < 4.78 is 5.48. The quantitative estimate of drug-likeness (QED) is 0.790. The molecular formula is C14H27N3O2. The number of hydrogen-bond acceptors (Lipinski definition) is 4. The molecule has 1 amide bonds. The van der Waals surface area contributed by atoms with Crippen molar-refractivity contribution in [2.45, 2.75) is 31.8 Å². The molecular weight excluding hydrogens is 242 g/mol. The van der Waals surface area contributed by atoms with Gasteiger partial charge < -0.3 is 19.9 Å². The van der Waals surface area contributed by atoms with Crippen molar-refractivity contribution in [2.24, 2.45) is 5.92 Å². The fourth-order valence-corrected chi connectivity index (χ4v) is 3.08. The maximum atomic E-state index is 12.6. The molecule has 2 aliphatic rings. The van der Waals surface area contributed by atoms with Gasteiger partial charge in [0.05, 0.1) is 19.1 Å². The first-order chi connectivity index (χ1) is 9.13. The van der Waals surface area contributed by atoms with Crippen molar-refractivity contribution >= 4 is 5.91 Å². The number of rotatable bonds is 4. The van der Waals surface area contributed by atoms with Crippen molar-refractivity contribution in [2.75, 3.05) is 46.9 Å². The normalized spacial score (nSPS) is 29.6. The van der Waals surface area contributed by atoms with E-state index in [1.165, 1.54) is 0 Å². The van der Waals surface area contributed by atoms with Crippen LogP contribution < -0.4 is 5.32 Å². The minimum Gasteiger partial charge on any atom is -0.379 e. The number of piperidine rings is 1. The van der Waals surface area contributed by atoms with Gasteiger partial charge in [-0.2, -0.15) is 0 Å². The number of likely N-dealkylation sites (tertiary alicyclic amines) is 1. The molecule has 5 nitrogen and oxygen atoms in total. The fraction of sp³-hybridized carbons (Fsp3) is 0.929. The highest BCUT2D eigenvalue weighted by molar-refractivity contribution is 5.80. The number of nitrogens with zero attached hydrogens (tertiary/aromatic N) is 2. The Balaban J connectivity index is 1.91. The van der Waals surface area contributed by atoms with Crippen LogP contribution in [-0.2, 0) is 9.53 Å². The van der Waals surface area contributed by atoms with E-state index in [2.05, 4.69) is 24.2 Å². The minimum atomic E-state index is -0.00962. The molecule has 2 fully saturated rings. The zero-order valence-electron chi connectivity index (χ0n) is 12.4. The molecule has 2 saturated heterocycles. The molecule has 0 aromatic rings. The molecule has 19 heavy (non-hydrogen) atoms. The molecule has 0 aromatic carbocycles. The predicted molar refractivity (Wildman–Crippen MR) is 75.1 cm³/mol.